The number of aryl methyl sites for hydroxylation is 1. The van der Waals surface area contributed by atoms with E-state index in [0.29, 0.717) is 0 Å². The maximum atomic E-state index is 10.7. The van der Waals surface area contributed by atoms with Gasteiger partial charge in [0.15, 0.2) is 0 Å². The van der Waals surface area contributed by atoms with Gasteiger partial charge in [-0.2, -0.15) is 4.80 Å². The lowest BCUT2D eigenvalue weighted by molar-refractivity contribution is -0.138. The Labute approximate surface area is 100.0 Å². The summed E-state index contributed by atoms with van der Waals surface area (Å²) in [5, 5.41) is 32.7. The number of rotatable bonds is 4. The first-order valence-corrected chi connectivity index (χ1v) is 4.89. The van der Waals surface area contributed by atoms with Crippen LogP contribution >= 0.6 is 0 Å². The number of carboxylic acids is 1. The molecule has 1 atom stereocenters. The quantitative estimate of drug-likeness (QED) is 0.592. The predicted molar refractivity (Wildman–Crippen MR) is 55.3 cm³/mol. The highest BCUT2D eigenvalue weighted by Gasteiger charge is 2.25. The van der Waals surface area contributed by atoms with Gasteiger partial charge >= 0.3 is 5.97 Å². The van der Waals surface area contributed by atoms with E-state index in [0.717, 1.165) is 0 Å². The zero-order chi connectivity index (χ0) is 13.3. The zero-order valence-corrected chi connectivity index (χ0v) is 9.31. The van der Waals surface area contributed by atoms with E-state index in [1.54, 1.807) is 7.05 Å². The monoisotopic (exact) mass is 254 g/mol. The summed E-state index contributed by atoms with van der Waals surface area (Å²) in [6, 6.07) is -1.19. The van der Waals surface area contributed by atoms with Gasteiger partial charge in [-0.05, 0) is 10.4 Å². The molecule has 0 fully saturated rings. The molecular weight excluding hydrogens is 244 g/mol. The molecule has 2 aromatic heterocycles. The lowest BCUT2D eigenvalue weighted by Crippen LogP contribution is -2.32. The number of nitrogens with zero attached hydrogens (tertiary/aromatic N) is 5. The average molecular weight is 254 g/mol. The molecule has 18 heavy (non-hydrogen) atoms. The van der Waals surface area contributed by atoms with Gasteiger partial charge in [-0.3, -0.25) is 4.79 Å². The molecule has 0 spiro atoms. The minimum absolute atomic E-state index is 0.0531. The van der Waals surface area contributed by atoms with Gasteiger partial charge in [0.05, 0.1) is 12.6 Å². The number of hydrogen-bond donors (Lipinski definition) is 3. The third kappa shape index (κ3) is 2.13. The van der Waals surface area contributed by atoms with Crippen molar-refractivity contribution in [1.29, 1.82) is 0 Å². The molecule has 4 N–H and O–H groups in total. The molecule has 0 aliphatic rings. The standard InChI is InChI=1S/C8H10N6O4/c1-14-11-6(10-13-14)5-3(7(15)12-18-5)2-4(9)8(16)17/h4H,2,9H2,1H3,(H,12,15)(H,16,17). The molecule has 10 nitrogen and oxygen atoms in total. The maximum absolute atomic E-state index is 10.7. The van der Waals surface area contributed by atoms with Crippen LogP contribution in [0.3, 0.4) is 0 Å². The zero-order valence-electron chi connectivity index (χ0n) is 9.31. The number of aromatic hydroxyl groups is 1. The highest BCUT2D eigenvalue weighted by molar-refractivity contribution is 5.74. The third-order valence-corrected chi connectivity index (χ3v) is 2.22. The first-order chi connectivity index (χ1) is 8.49. The van der Waals surface area contributed by atoms with Crippen LogP contribution in [0.1, 0.15) is 5.56 Å². The lowest BCUT2D eigenvalue weighted by Gasteiger charge is -2.04. The molecule has 0 saturated heterocycles. The van der Waals surface area contributed by atoms with Crippen molar-refractivity contribution in [1.82, 2.24) is 25.4 Å². The summed E-state index contributed by atoms with van der Waals surface area (Å²) in [6.45, 7) is 0. The first kappa shape index (κ1) is 12.0. The van der Waals surface area contributed by atoms with Gasteiger partial charge in [-0.1, -0.05) is 0 Å². The summed E-state index contributed by atoms with van der Waals surface area (Å²) in [5.41, 5.74) is 5.52. The van der Waals surface area contributed by atoms with Gasteiger partial charge < -0.3 is 20.5 Å². The van der Waals surface area contributed by atoms with Gasteiger partial charge in [0, 0.05) is 6.42 Å². The Kier molecular flexibility index (Phi) is 2.93. The van der Waals surface area contributed by atoms with E-state index < -0.39 is 17.9 Å². The fourth-order valence-electron chi connectivity index (χ4n) is 1.34. The Balaban J connectivity index is 2.35. The number of carbonyl (C=O) groups is 1. The minimum atomic E-state index is -1.20. The van der Waals surface area contributed by atoms with Gasteiger partial charge in [-0.15, -0.1) is 10.2 Å². The Hall–Kier alpha value is -2.49. The van der Waals surface area contributed by atoms with Crippen LogP contribution in [0.25, 0.3) is 11.6 Å². The van der Waals surface area contributed by atoms with Crippen LogP contribution in [0.5, 0.6) is 5.88 Å². The predicted octanol–water partition coefficient (Wildman–Crippen LogP) is -1.47. The second-order valence-electron chi connectivity index (χ2n) is 3.57. The molecule has 0 saturated carbocycles. The van der Waals surface area contributed by atoms with Crippen LogP contribution in [-0.2, 0) is 18.3 Å². The van der Waals surface area contributed by atoms with E-state index >= 15 is 0 Å². The van der Waals surface area contributed by atoms with Gasteiger partial charge in [0.2, 0.25) is 11.6 Å². The molecule has 1 unspecified atom stereocenters. The molecule has 10 heteroatoms. The summed E-state index contributed by atoms with van der Waals surface area (Å²) in [5.74, 6) is -1.49. The molecule has 0 radical (unpaired) electrons. The van der Waals surface area contributed by atoms with E-state index in [2.05, 4.69) is 20.6 Å². The Morgan fingerprint density at radius 1 is 1.61 bits per heavy atom. The maximum Gasteiger partial charge on any atom is 0.320 e. The fraction of sp³-hybridized carbons (Fsp3) is 0.375. The lowest BCUT2D eigenvalue weighted by atomic mass is 10.1. The summed E-state index contributed by atoms with van der Waals surface area (Å²) in [6.07, 6.45) is -0.155. The number of carboxylic acid groups (broad SMARTS) is 1. The van der Waals surface area contributed by atoms with Gasteiger partial charge in [0.1, 0.15) is 6.04 Å². The minimum Gasteiger partial charge on any atom is -0.491 e. The number of aromatic nitrogens is 5. The van der Waals surface area contributed by atoms with Gasteiger partial charge in [-0.25, -0.2) is 0 Å². The smallest absolute Gasteiger partial charge is 0.320 e. The third-order valence-electron chi connectivity index (χ3n) is 2.22. The molecule has 2 rings (SSSR count). The highest BCUT2D eigenvalue weighted by Crippen LogP contribution is 2.28. The van der Waals surface area contributed by atoms with Crippen molar-refractivity contribution in [2.24, 2.45) is 12.8 Å². The summed E-state index contributed by atoms with van der Waals surface area (Å²) < 4.78 is 4.85. The Bertz CT molecular complexity index is 576. The number of tetrazole rings is 1. The highest BCUT2D eigenvalue weighted by atomic mass is 16.5. The van der Waals surface area contributed by atoms with E-state index in [9.17, 15) is 9.90 Å². The SMILES string of the molecule is Cn1nnc(-c2onc(O)c2CC(N)C(=O)O)n1. The van der Waals surface area contributed by atoms with E-state index in [4.69, 9.17) is 15.4 Å². The molecule has 0 aliphatic carbocycles. The van der Waals surface area contributed by atoms with Crippen molar-refractivity contribution >= 4 is 5.97 Å². The Morgan fingerprint density at radius 3 is 2.89 bits per heavy atom. The van der Waals surface area contributed by atoms with Gasteiger partial charge in [0.25, 0.3) is 5.88 Å². The first-order valence-electron chi connectivity index (χ1n) is 4.89. The number of aliphatic carboxylic acids is 1. The number of hydrogen-bond acceptors (Lipinski definition) is 8. The number of nitrogens with two attached hydrogens (primary N) is 1. The molecule has 0 bridgehead atoms. The average Bonchev–Trinajstić information content (AvgIpc) is 2.87. The molecular formula is C8H10N6O4. The summed E-state index contributed by atoms with van der Waals surface area (Å²) in [4.78, 5) is 11.9. The van der Waals surface area contributed by atoms with Crippen molar-refractivity contribution < 1.29 is 19.5 Å². The molecule has 0 aromatic carbocycles. The molecule has 2 heterocycles. The van der Waals surface area contributed by atoms with Crippen LogP contribution < -0.4 is 5.73 Å². The second kappa shape index (κ2) is 4.41. The van der Waals surface area contributed by atoms with E-state index in [1.807, 2.05) is 0 Å². The van der Waals surface area contributed by atoms with Crippen molar-refractivity contribution in [3.05, 3.63) is 5.56 Å². The molecule has 2 aromatic rings. The summed E-state index contributed by atoms with van der Waals surface area (Å²) in [7, 11) is 1.55. The fourth-order valence-corrected chi connectivity index (χ4v) is 1.34. The van der Waals surface area contributed by atoms with Crippen molar-refractivity contribution in [3.63, 3.8) is 0 Å². The van der Waals surface area contributed by atoms with Crippen LogP contribution in [0.4, 0.5) is 0 Å². The summed E-state index contributed by atoms with van der Waals surface area (Å²) >= 11 is 0. The Morgan fingerprint density at radius 2 is 2.33 bits per heavy atom. The largest absolute Gasteiger partial charge is 0.491 e. The normalized spacial score (nSPS) is 12.6. The van der Waals surface area contributed by atoms with Crippen LogP contribution in [0.15, 0.2) is 4.52 Å². The molecule has 96 valence electrons. The van der Waals surface area contributed by atoms with Crippen LogP contribution in [0.2, 0.25) is 0 Å². The van der Waals surface area contributed by atoms with Crippen molar-refractivity contribution in [2.75, 3.05) is 0 Å². The van der Waals surface area contributed by atoms with Crippen molar-refractivity contribution in [3.8, 4) is 17.5 Å². The van der Waals surface area contributed by atoms with E-state index in [1.165, 1.54) is 4.80 Å². The molecule has 0 amide bonds. The van der Waals surface area contributed by atoms with Crippen LogP contribution in [-0.4, -0.2) is 47.6 Å². The van der Waals surface area contributed by atoms with E-state index in [-0.39, 0.29) is 23.6 Å². The van der Waals surface area contributed by atoms with Crippen molar-refractivity contribution in [2.45, 2.75) is 12.5 Å². The second-order valence-corrected chi connectivity index (χ2v) is 3.57. The topological polar surface area (TPSA) is 153 Å². The molecule has 0 aliphatic heterocycles. The van der Waals surface area contributed by atoms with Crippen LogP contribution in [0, 0.1) is 0 Å².